The summed E-state index contributed by atoms with van der Waals surface area (Å²) in [5, 5.41) is 0.648. The van der Waals surface area contributed by atoms with Gasteiger partial charge in [-0.2, -0.15) is 0 Å². The summed E-state index contributed by atoms with van der Waals surface area (Å²) in [6.07, 6.45) is 0.191. The maximum atomic E-state index is 13.2. The molecule has 0 heterocycles. The van der Waals surface area contributed by atoms with Crippen LogP contribution in [0.2, 0.25) is 5.02 Å². The largest absolute Gasteiger partial charge is 0.338 e. The van der Waals surface area contributed by atoms with Crippen LogP contribution in [-0.2, 0) is 17.8 Å². The van der Waals surface area contributed by atoms with E-state index in [-0.39, 0.29) is 18.1 Å². The SMILES string of the molecule is CCN(Cc1ccccc1Cl)C(=O)Cc1cccc(F)c1. The number of likely N-dealkylation sites (N-methyl/N-ethyl adjacent to an activating group) is 1. The molecule has 0 saturated heterocycles. The molecule has 110 valence electrons. The number of hydrogen-bond acceptors (Lipinski definition) is 1. The smallest absolute Gasteiger partial charge is 0.227 e. The summed E-state index contributed by atoms with van der Waals surface area (Å²) in [4.78, 5) is 14.0. The molecule has 2 nitrogen and oxygen atoms in total. The van der Waals surface area contributed by atoms with E-state index in [1.165, 1.54) is 12.1 Å². The van der Waals surface area contributed by atoms with E-state index in [1.54, 1.807) is 17.0 Å². The average molecular weight is 306 g/mol. The Bertz CT molecular complexity index is 630. The minimum Gasteiger partial charge on any atom is -0.338 e. The van der Waals surface area contributed by atoms with Gasteiger partial charge >= 0.3 is 0 Å². The second-order valence-electron chi connectivity index (χ2n) is 4.81. The molecule has 0 fully saturated rings. The Morgan fingerprint density at radius 1 is 1.19 bits per heavy atom. The van der Waals surface area contributed by atoms with E-state index in [4.69, 9.17) is 11.6 Å². The fraction of sp³-hybridized carbons (Fsp3) is 0.235. The molecule has 2 aromatic rings. The molecule has 0 aliphatic heterocycles. The molecule has 0 aromatic heterocycles. The first-order valence-corrected chi connectivity index (χ1v) is 7.23. The van der Waals surface area contributed by atoms with E-state index in [9.17, 15) is 9.18 Å². The zero-order valence-corrected chi connectivity index (χ0v) is 12.6. The number of rotatable bonds is 5. The summed E-state index contributed by atoms with van der Waals surface area (Å²) in [5.41, 5.74) is 1.59. The summed E-state index contributed by atoms with van der Waals surface area (Å²) < 4.78 is 13.2. The molecule has 21 heavy (non-hydrogen) atoms. The number of hydrogen-bond donors (Lipinski definition) is 0. The maximum absolute atomic E-state index is 13.2. The Labute approximate surface area is 129 Å². The van der Waals surface area contributed by atoms with Crippen molar-refractivity contribution in [3.05, 3.63) is 70.5 Å². The molecular formula is C17H17ClFNO. The van der Waals surface area contributed by atoms with Crippen LogP contribution in [0.1, 0.15) is 18.1 Å². The van der Waals surface area contributed by atoms with Gasteiger partial charge in [0.1, 0.15) is 5.82 Å². The predicted octanol–water partition coefficient (Wildman–Crippen LogP) is 4.07. The normalized spacial score (nSPS) is 10.4. The number of benzene rings is 2. The lowest BCUT2D eigenvalue weighted by Gasteiger charge is -2.21. The maximum Gasteiger partial charge on any atom is 0.227 e. The molecule has 0 radical (unpaired) electrons. The monoisotopic (exact) mass is 305 g/mol. The number of carbonyl (C=O) groups excluding carboxylic acids is 1. The van der Waals surface area contributed by atoms with Crippen molar-refractivity contribution >= 4 is 17.5 Å². The van der Waals surface area contributed by atoms with Gasteiger partial charge in [-0.1, -0.05) is 41.9 Å². The minimum absolute atomic E-state index is 0.0389. The Balaban J connectivity index is 2.07. The van der Waals surface area contributed by atoms with Crippen LogP contribution in [0.25, 0.3) is 0 Å². The van der Waals surface area contributed by atoms with Crippen molar-refractivity contribution in [3.8, 4) is 0 Å². The number of nitrogens with zero attached hydrogens (tertiary/aromatic N) is 1. The topological polar surface area (TPSA) is 20.3 Å². The van der Waals surface area contributed by atoms with Gasteiger partial charge in [0.05, 0.1) is 6.42 Å². The third kappa shape index (κ3) is 4.30. The molecule has 0 saturated carbocycles. The van der Waals surface area contributed by atoms with Gasteiger partial charge in [-0.05, 0) is 36.2 Å². The summed E-state index contributed by atoms with van der Waals surface area (Å²) >= 11 is 6.12. The van der Waals surface area contributed by atoms with Gasteiger partial charge < -0.3 is 4.90 Å². The second-order valence-corrected chi connectivity index (χ2v) is 5.21. The summed E-state index contributed by atoms with van der Waals surface area (Å²) in [6, 6.07) is 13.6. The van der Waals surface area contributed by atoms with Crippen LogP contribution in [0.5, 0.6) is 0 Å². The molecule has 0 atom stereocenters. The third-order valence-corrected chi connectivity index (χ3v) is 3.67. The predicted molar refractivity (Wildman–Crippen MR) is 82.6 cm³/mol. The molecule has 2 aromatic carbocycles. The van der Waals surface area contributed by atoms with Crippen molar-refractivity contribution in [3.63, 3.8) is 0 Å². The molecule has 0 unspecified atom stereocenters. The minimum atomic E-state index is -0.325. The molecule has 4 heteroatoms. The van der Waals surface area contributed by atoms with Gasteiger partial charge in [0, 0.05) is 18.1 Å². The van der Waals surface area contributed by atoms with Crippen LogP contribution in [0.15, 0.2) is 48.5 Å². The van der Waals surface area contributed by atoms with Crippen LogP contribution < -0.4 is 0 Å². The highest BCUT2D eigenvalue weighted by atomic mass is 35.5. The molecule has 2 rings (SSSR count). The van der Waals surface area contributed by atoms with Gasteiger partial charge in [-0.3, -0.25) is 4.79 Å². The zero-order chi connectivity index (χ0) is 15.2. The van der Waals surface area contributed by atoms with Crippen LogP contribution in [-0.4, -0.2) is 17.4 Å². The van der Waals surface area contributed by atoms with Gasteiger partial charge in [-0.15, -0.1) is 0 Å². The lowest BCUT2D eigenvalue weighted by Crippen LogP contribution is -2.31. The Morgan fingerprint density at radius 3 is 2.62 bits per heavy atom. The van der Waals surface area contributed by atoms with Gasteiger partial charge in [0.2, 0.25) is 5.91 Å². The first-order valence-electron chi connectivity index (χ1n) is 6.85. The number of amides is 1. The molecule has 0 bridgehead atoms. The fourth-order valence-corrected chi connectivity index (χ4v) is 2.34. The van der Waals surface area contributed by atoms with Crippen molar-refractivity contribution in [2.45, 2.75) is 19.9 Å². The average Bonchev–Trinajstić information content (AvgIpc) is 2.46. The van der Waals surface area contributed by atoms with E-state index < -0.39 is 0 Å². The van der Waals surface area contributed by atoms with Crippen molar-refractivity contribution in [2.24, 2.45) is 0 Å². The third-order valence-electron chi connectivity index (χ3n) is 3.30. The molecule has 1 amide bonds. The van der Waals surface area contributed by atoms with Crippen molar-refractivity contribution in [2.75, 3.05) is 6.54 Å². The van der Waals surface area contributed by atoms with Crippen LogP contribution >= 0.6 is 11.6 Å². The second kappa shape index (κ2) is 7.23. The van der Waals surface area contributed by atoms with E-state index in [2.05, 4.69) is 0 Å². The van der Waals surface area contributed by atoms with Crippen LogP contribution in [0.4, 0.5) is 4.39 Å². The van der Waals surface area contributed by atoms with E-state index in [0.29, 0.717) is 23.7 Å². The summed E-state index contributed by atoms with van der Waals surface area (Å²) in [6.45, 7) is 2.96. The van der Waals surface area contributed by atoms with E-state index in [0.717, 1.165) is 5.56 Å². The standard InChI is InChI=1S/C17H17ClFNO/c1-2-20(12-14-7-3-4-9-16(14)18)17(21)11-13-6-5-8-15(19)10-13/h3-10H,2,11-12H2,1H3. The molecule has 0 N–H and O–H groups in total. The highest BCUT2D eigenvalue weighted by Gasteiger charge is 2.14. The molecular weight excluding hydrogens is 289 g/mol. The lowest BCUT2D eigenvalue weighted by molar-refractivity contribution is -0.130. The molecule has 0 aliphatic carbocycles. The molecule has 0 aliphatic rings. The Morgan fingerprint density at radius 2 is 1.95 bits per heavy atom. The van der Waals surface area contributed by atoms with Gasteiger partial charge in [0.15, 0.2) is 0 Å². The van der Waals surface area contributed by atoms with Crippen molar-refractivity contribution < 1.29 is 9.18 Å². The Kier molecular flexibility index (Phi) is 5.34. The Hall–Kier alpha value is -1.87. The fourth-order valence-electron chi connectivity index (χ4n) is 2.14. The van der Waals surface area contributed by atoms with E-state index >= 15 is 0 Å². The van der Waals surface area contributed by atoms with Crippen molar-refractivity contribution in [1.29, 1.82) is 0 Å². The van der Waals surface area contributed by atoms with E-state index in [1.807, 2.05) is 31.2 Å². The van der Waals surface area contributed by atoms with Gasteiger partial charge in [-0.25, -0.2) is 4.39 Å². The van der Waals surface area contributed by atoms with Gasteiger partial charge in [0.25, 0.3) is 0 Å². The van der Waals surface area contributed by atoms with Crippen LogP contribution in [0, 0.1) is 5.82 Å². The highest BCUT2D eigenvalue weighted by molar-refractivity contribution is 6.31. The first kappa shape index (κ1) is 15.5. The summed E-state index contributed by atoms with van der Waals surface area (Å²) in [5.74, 6) is -0.363. The van der Waals surface area contributed by atoms with Crippen LogP contribution in [0.3, 0.4) is 0 Å². The first-order chi connectivity index (χ1) is 10.1. The highest BCUT2D eigenvalue weighted by Crippen LogP contribution is 2.17. The lowest BCUT2D eigenvalue weighted by atomic mass is 10.1. The zero-order valence-electron chi connectivity index (χ0n) is 11.9. The quantitative estimate of drug-likeness (QED) is 0.815. The molecule has 0 spiro atoms. The van der Waals surface area contributed by atoms with Crippen molar-refractivity contribution in [1.82, 2.24) is 4.90 Å². The number of carbonyl (C=O) groups is 1. The summed E-state index contributed by atoms with van der Waals surface area (Å²) in [7, 11) is 0. The number of halogens is 2.